The molecule has 0 N–H and O–H groups in total. The van der Waals surface area contributed by atoms with Crippen molar-refractivity contribution in [1.29, 1.82) is 0 Å². The first kappa shape index (κ1) is 24.4. The Morgan fingerprint density at radius 1 is 1.06 bits per heavy atom. The van der Waals surface area contributed by atoms with E-state index in [-0.39, 0.29) is 18.0 Å². The van der Waals surface area contributed by atoms with E-state index < -0.39 is 23.7 Å². The third-order valence-corrected chi connectivity index (χ3v) is 6.53. The van der Waals surface area contributed by atoms with Gasteiger partial charge in [-0.15, -0.1) is 0 Å². The average molecular weight is 481 g/mol. The third kappa shape index (κ3) is 5.21. The number of halogens is 1. The molecule has 0 aromatic heterocycles. The van der Waals surface area contributed by atoms with Gasteiger partial charge in [-0.3, -0.25) is 14.4 Å². The van der Waals surface area contributed by atoms with Gasteiger partial charge in [0.2, 0.25) is 5.91 Å². The number of hydrogen-bond acceptors (Lipinski definition) is 5. The van der Waals surface area contributed by atoms with Crippen molar-refractivity contribution in [2.24, 2.45) is 0 Å². The van der Waals surface area contributed by atoms with Crippen LogP contribution >= 0.6 is 0 Å². The van der Waals surface area contributed by atoms with Gasteiger partial charge in [0.15, 0.2) is 11.5 Å². The second-order valence-corrected chi connectivity index (χ2v) is 8.69. The zero-order valence-electron chi connectivity index (χ0n) is 20.0. The summed E-state index contributed by atoms with van der Waals surface area (Å²) in [7, 11) is 3.00. The quantitative estimate of drug-likeness (QED) is 0.411. The zero-order chi connectivity index (χ0) is 24.9. The third-order valence-electron chi connectivity index (χ3n) is 6.53. The Kier molecular flexibility index (Phi) is 7.48. The lowest BCUT2D eigenvalue weighted by Gasteiger charge is -2.29. The molecule has 2 aliphatic rings. The highest BCUT2D eigenvalue weighted by molar-refractivity contribution is 6.23. The van der Waals surface area contributed by atoms with Gasteiger partial charge in [0.1, 0.15) is 11.9 Å². The second-order valence-electron chi connectivity index (χ2n) is 8.69. The molecule has 0 bridgehead atoms. The lowest BCUT2D eigenvalue weighted by atomic mass is 9.96. The van der Waals surface area contributed by atoms with E-state index >= 15 is 0 Å². The summed E-state index contributed by atoms with van der Waals surface area (Å²) in [4.78, 5) is 42.5. The molecule has 0 radical (unpaired) electrons. The Hall–Kier alpha value is -3.68. The van der Waals surface area contributed by atoms with E-state index in [0.29, 0.717) is 30.0 Å². The van der Waals surface area contributed by atoms with Crippen LogP contribution in [0, 0.1) is 5.82 Å². The van der Waals surface area contributed by atoms with Crippen molar-refractivity contribution >= 4 is 23.4 Å². The van der Waals surface area contributed by atoms with Crippen LogP contribution in [-0.2, 0) is 9.59 Å². The smallest absolute Gasteiger partial charge is 0.257 e. The molecule has 1 atom stereocenters. The lowest BCUT2D eigenvalue weighted by Crippen LogP contribution is -2.46. The van der Waals surface area contributed by atoms with Crippen LogP contribution in [-0.4, -0.2) is 49.4 Å². The summed E-state index contributed by atoms with van der Waals surface area (Å²) in [6, 6.07) is 9.07. The van der Waals surface area contributed by atoms with E-state index in [1.54, 1.807) is 18.2 Å². The Labute approximate surface area is 204 Å². The van der Waals surface area contributed by atoms with Crippen LogP contribution in [0.15, 0.2) is 54.1 Å². The van der Waals surface area contributed by atoms with Gasteiger partial charge in [0.25, 0.3) is 11.8 Å². The molecular formula is C27H29FN2O5. The van der Waals surface area contributed by atoms with Gasteiger partial charge in [-0.2, -0.15) is 0 Å². The number of allylic oxidation sites excluding steroid dienone is 1. The molecule has 7 nitrogen and oxygen atoms in total. The number of anilines is 1. The van der Waals surface area contributed by atoms with Crippen molar-refractivity contribution in [2.45, 2.75) is 44.6 Å². The first-order valence-electron chi connectivity index (χ1n) is 11.8. The van der Waals surface area contributed by atoms with E-state index in [0.717, 1.165) is 30.6 Å². The fourth-order valence-corrected chi connectivity index (χ4v) is 4.65. The predicted molar refractivity (Wildman–Crippen MR) is 129 cm³/mol. The summed E-state index contributed by atoms with van der Waals surface area (Å²) >= 11 is 0. The largest absolute Gasteiger partial charge is 0.493 e. The average Bonchev–Trinajstić information content (AvgIpc) is 3.18. The van der Waals surface area contributed by atoms with Crippen molar-refractivity contribution in [3.05, 3.63) is 65.5 Å². The lowest BCUT2D eigenvalue weighted by molar-refractivity contribution is -0.122. The van der Waals surface area contributed by atoms with Gasteiger partial charge in [-0.05, 0) is 74.6 Å². The fraction of sp³-hybridized carbons (Fsp3) is 0.370. The molecule has 1 aliphatic heterocycles. The number of carbonyl (C=O) groups excluding carboxylic acids is 3. The molecule has 2 aromatic rings. The maximum atomic E-state index is 13.7. The van der Waals surface area contributed by atoms with Crippen molar-refractivity contribution in [1.82, 2.24) is 4.90 Å². The van der Waals surface area contributed by atoms with Crippen LogP contribution in [0.3, 0.4) is 0 Å². The number of ether oxygens (including phenoxy) is 2. The van der Waals surface area contributed by atoms with Gasteiger partial charge in [-0.25, -0.2) is 9.29 Å². The van der Waals surface area contributed by atoms with E-state index in [9.17, 15) is 18.8 Å². The monoisotopic (exact) mass is 480 g/mol. The first-order valence-corrected chi connectivity index (χ1v) is 11.8. The summed E-state index contributed by atoms with van der Waals surface area (Å²) in [5.41, 5.74) is 1.88. The molecule has 1 heterocycles. The summed E-state index contributed by atoms with van der Waals surface area (Å²) < 4.78 is 24.0. The minimum atomic E-state index is -0.947. The molecule has 8 heteroatoms. The van der Waals surface area contributed by atoms with Crippen molar-refractivity contribution in [2.75, 3.05) is 25.7 Å². The normalized spacial score (nSPS) is 17.9. The Bertz CT molecular complexity index is 1140. The number of nitrogens with zero attached hydrogens (tertiary/aromatic N) is 2. The number of amides is 3. The van der Waals surface area contributed by atoms with Crippen molar-refractivity contribution < 1.29 is 28.2 Å². The van der Waals surface area contributed by atoms with Crippen molar-refractivity contribution in [3.8, 4) is 11.5 Å². The first-order chi connectivity index (χ1) is 16.9. The molecule has 184 valence electrons. The van der Waals surface area contributed by atoms with Crippen LogP contribution in [0.4, 0.5) is 10.1 Å². The molecule has 35 heavy (non-hydrogen) atoms. The maximum Gasteiger partial charge on any atom is 0.257 e. The predicted octanol–water partition coefficient (Wildman–Crippen LogP) is 4.51. The molecule has 1 fully saturated rings. The number of hydrogen-bond donors (Lipinski definition) is 0. The standard InChI is InChI=1S/C27H29FN2O5/c1-34-23-13-8-19(16-24(23)35-2)26(32)29(15-14-18-6-4-3-5-7-18)22-17-25(31)30(27(22)33)21-11-9-20(28)10-12-21/h6,8-13,16,22H,3-5,7,14-15,17H2,1-2H3. The topological polar surface area (TPSA) is 76.2 Å². The minimum Gasteiger partial charge on any atom is -0.493 e. The van der Waals surface area contributed by atoms with Crippen LogP contribution < -0.4 is 14.4 Å². The van der Waals surface area contributed by atoms with Gasteiger partial charge in [-0.1, -0.05) is 11.6 Å². The molecule has 3 amide bonds. The molecule has 1 unspecified atom stereocenters. The fourth-order valence-electron chi connectivity index (χ4n) is 4.65. The highest BCUT2D eigenvalue weighted by Crippen LogP contribution is 2.31. The van der Waals surface area contributed by atoms with E-state index in [1.165, 1.54) is 49.0 Å². The number of carbonyl (C=O) groups is 3. The number of rotatable bonds is 8. The van der Waals surface area contributed by atoms with Crippen molar-refractivity contribution in [3.63, 3.8) is 0 Å². The molecule has 2 aromatic carbocycles. The molecule has 1 saturated heterocycles. The summed E-state index contributed by atoms with van der Waals surface area (Å²) in [5, 5.41) is 0. The maximum absolute atomic E-state index is 13.7. The van der Waals surface area contributed by atoms with Gasteiger partial charge >= 0.3 is 0 Å². The van der Waals surface area contributed by atoms with Crippen LogP contribution in [0.1, 0.15) is 48.9 Å². The summed E-state index contributed by atoms with van der Waals surface area (Å²) in [6.07, 6.45) is 6.95. The summed E-state index contributed by atoms with van der Waals surface area (Å²) in [6.45, 7) is 0.306. The molecule has 0 saturated carbocycles. The highest BCUT2D eigenvalue weighted by atomic mass is 19.1. The Morgan fingerprint density at radius 2 is 1.80 bits per heavy atom. The Morgan fingerprint density at radius 3 is 2.46 bits per heavy atom. The SMILES string of the molecule is COc1ccc(C(=O)N(CCC2=CCCCC2)C2CC(=O)N(c3ccc(F)cc3)C2=O)cc1OC. The molecule has 1 aliphatic carbocycles. The second kappa shape index (κ2) is 10.7. The Balaban J connectivity index is 1.64. The van der Waals surface area contributed by atoms with E-state index in [4.69, 9.17) is 9.47 Å². The van der Waals surface area contributed by atoms with Crippen LogP contribution in [0.5, 0.6) is 11.5 Å². The molecule has 4 rings (SSSR count). The highest BCUT2D eigenvalue weighted by Gasteiger charge is 2.44. The van der Waals surface area contributed by atoms with E-state index in [1.807, 2.05) is 0 Å². The number of benzene rings is 2. The molecular weight excluding hydrogens is 451 g/mol. The zero-order valence-corrected chi connectivity index (χ0v) is 20.0. The van der Waals surface area contributed by atoms with Gasteiger partial charge in [0.05, 0.1) is 26.3 Å². The van der Waals surface area contributed by atoms with Gasteiger partial charge in [0, 0.05) is 12.1 Å². The van der Waals surface area contributed by atoms with E-state index in [2.05, 4.69) is 6.08 Å². The number of imide groups is 1. The molecule has 0 spiro atoms. The number of methoxy groups -OCH3 is 2. The minimum absolute atomic E-state index is 0.131. The van der Waals surface area contributed by atoms with Crippen LogP contribution in [0.25, 0.3) is 0 Å². The van der Waals surface area contributed by atoms with Crippen LogP contribution in [0.2, 0.25) is 0 Å². The van der Waals surface area contributed by atoms with Gasteiger partial charge < -0.3 is 14.4 Å². The summed E-state index contributed by atoms with van der Waals surface area (Å²) in [5.74, 6) is -0.862.